The molecule has 1 aliphatic heterocycles. The highest BCUT2D eigenvalue weighted by Gasteiger charge is 2.23. The zero-order valence-corrected chi connectivity index (χ0v) is 23.4. The average molecular weight is 525 g/mol. The first-order valence-electron chi connectivity index (χ1n) is 13.4. The molecule has 0 radical (unpaired) electrons. The van der Waals surface area contributed by atoms with Gasteiger partial charge in [0.25, 0.3) is 5.91 Å². The maximum Gasteiger partial charge on any atom is 0.253 e. The summed E-state index contributed by atoms with van der Waals surface area (Å²) in [5.41, 5.74) is 7.23. The van der Waals surface area contributed by atoms with Gasteiger partial charge in [-0.2, -0.15) is 0 Å². The minimum absolute atomic E-state index is 0.0393. The number of benzene rings is 1. The standard InChI is InChI=1S/C31H36N6O2/c1-20-26(10-11-29(33-20)34-21(2)38)27-12-15-32-30-28(27)18-25(36(30)5)19-37-16-13-23(14-17-37)22-6-8-24(9-7-22)31(39)35(3)4/h6-12,15,18,23H,13-14,16-17,19H2,1-5H3,(H,33,34,38). The first kappa shape index (κ1) is 26.6. The first-order valence-corrected chi connectivity index (χ1v) is 13.4. The van der Waals surface area contributed by atoms with Crippen molar-refractivity contribution in [1.29, 1.82) is 0 Å². The third-order valence-electron chi connectivity index (χ3n) is 7.72. The molecule has 3 aromatic heterocycles. The Hall–Kier alpha value is -4.04. The minimum Gasteiger partial charge on any atom is -0.345 e. The van der Waals surface area contributed by atoms with Crippen molar-refractivity contribution < 1.29 is 9.59 Å². The van der Waals surface area contributed by atoms with Crippen molar-refractivity contribution in [3.63, 3.8) is 0 Å². The lowest BCUT2D eigenvalue weighted by Gasteiger charge is -2.32. The highest BCUT2D eigenvalue weighted by molar-refractivity contribution is 5.95. The molecule has 2 amide bonds. The van der Waals surface area contributed by atoms with Crippen molar-refractivity contribution in [2.24, 2.45) is 7.05 Å². The predicted octanol–water partition coefficient (Wildman–Crippen LogP) is 4.98. The number of amides is 2. The van der Waals surface area contributed by atoms with Crippen molar-refractivity contribution in [3.8, 4) is 11.1 Å². The molecular formula is C31H36N6O2. The molecule has 4 heterocycles. The largest absolute Gasteiger partial charge is 0.345 e. The van der Waals surface area contributed by atoms with E-state index in [1.165, 1.54) is 18.2 Å². The van der Waals surface area contributed by atoms with E-state index in [2.05, 4.69) is 50.0 Å². The smallest absolute Gasteiger partial charge is 0.253 e. The molecule has 202 valence electrons. The van der Waals surface area contributed by atoms with E-state index < -0.39 is 0 Å². The molecule has 1 aromatic carbocycles. The second-order valence-corrected chi connectivity index (χ2v) is 10.7. The first-order chi connectivity index (χ1) is 18.7. The summed E-state index contributed by atoms with van der Waals surface area (Å²) in [5.74, 6) is 0.982. The van der Waals surface area contributed by atoms with Crippen LogP contribution in [0.3, 0.4) is 0 Å². The topological polar surface area (TPSA) is 83.4 Å². The second-order valence-electron chi connectivity index (χ2n) is 10.7. The number of piperidine rings is 1. The number of aryl methyl sites for hydroxylation is 2. The zero-order valence-electron chi connectivity index (χ0n) is 23.4. The highest BCUT2D eigenvalue weighted by atomic mass is 16.2. The van der Waals surface area contributed by atoms with E-state index in [-0.39, 0.29) is 11.8 Å². The number of likely N-dealkylation sites (tertiary alicyclic amines) is 1. The van der Waals surface area contributed by atoms with Crippen molar-refractivity contribution >= 4 is 28.7 Å². The van der Waals surface area contributed by atoms with Crippen LogP contribution in [0.2, 0.25) is 0 Å². The van der Waals surface area contributed by atoms with Crippen molar-refractivity contribution in [2.45, 2.75) is 39.2 Å². The summed E-state index contributed by atoms with van der Waals surface area (Å²) in [7, 11) is 5.65. The Bertz CT molecular complexity index is 1510. The maximum atomic E-state index is 12.2. The number of fused-ring (bicyclic) bond motifs is 1. The lowest BCUT2D eigenvalue weighted by atomic mass is 9.89. The molecule has 0 saturated carbocycles. The number of nitrogens with one attached hydrogen (secondary N) is 1. The van der Waals surface area contributed by atoms with E-state index in [4.69, 9.17) is 0 Å². The van der Waals surface area contributed by atoms with E-state index >= 15 is 0 Å². The number of carbonyl (C=O) groups excluding carboxylic acids is 2. The highest BCUT2D eigenvalue weighted by Crippen LogP contribution is 2.33. The molecule has 0 unspecified atom stereocenters. The van der Waals surface area contributed by atoms with E-state index in [9.17, 15) is 9.59 Å². The molecule has 8 heteroatoms. The SMILES string of the molecule is CC(=O)Nc1ccc(-c2ccnc3c2cc(CN2CCC(c4ccc(C(=O)N(C)C)cc4)CC2)n3C)c(C)n1. The van der Waals surface area contributed by atoms with Crippen LogP contribution in [0, 0.1) is 6.92 Å². The summed E-state index contributed by atoms with van der Waals surface area (Å²) in [6, 6.07) is 16.3. The lowest BCUT2D eigenvalue weighted by molar-refractivity contribution is -0.114. The van der Waals surface area contributed by atoms with Crippen LogP contribution in [0.15, 0.2) is 54.7 Å². The fourth-order valence-electron chi connectivity index (χ4n) is 5.56. The van der Waals surface area contributed by atoms with Gasteiger partial charge in [0.05, 0.1) is 0 Å². The van der Waals surface area contributed by atoms with Crippen LogP contribution in [-0.4, -0.2) is 63.3 Å². The molecule has 1 saturated heterocycles. The number of pyridine rings is 2. The van der Waals surface area contributed by atoms with Gasteiger partial charge in [0.2, 0.25) is 5.91 Å². The number of anilines is 1. The fourth-order valence-corrected chi connectivity index (χ4v) is 5.56. The third kappa shape index (κ3) is 5.56. The summed E-state index contributed by atoms with van der Waals surface area (Å²) in [6.45, 7) is 6.37. The molecule has 39 heavy (non-hydrogen) atoms. The molecule has 0 aliphatic carbocycles. The van der Waals surface area contributed by atoms with Crippen molar-refractivity contribution in [3.05, 3.63) is 77.2 Å². The molecule has 4 aromatic rings. The quantitative estimate of drug-likeness (QED) is 0.385. The molecule has 5 rings (SSSR count). The van der Waals surface area contributed by atoms with Crippen LogP contribution < -0.4 is 5.32 Å². The molecule has 1 N–H and O–H groups in total. The van der Waals surface area contributed by atoms with Gasteiger partial charge in [-0.05, 0) is 86.3 Å². The Labute approximate surface area is 229 Å². The molecule has 0 atom stereocenters. The Balaban J connectivity index is 1.30. The van der Waals surface area contributed by atoms with Gasteiger partial charge in [0.15, 0.2) is 0 Å². The fraction of sp³-hybridized carbons (Fsp3) is 0.355. The number of carbonyl (C=O) groups is 2. The number of rotatable bonds is 6. The van der Waals surface area contributed by atoms with Crippen LogP contribution >= 0.6 is 0 Å². The zero-order chi connectivity index (χ0) is 27.7. The van der Waals surface area contributed by atoms with Gasteiger partial charge in [-0.1, -0.05) is 12.1 Å². The molecular weight excluding hydrogens is 488 g/mol. The van der Waals surface area contributed by atoms with Gasteiger partial charge < -0.3 is 14.8 Å². The molecule has 0 bridgehead atoms. The Kier molecular flexibility index (Phi) is 7.48. The van der Waals surface area contributed by atoms with Crippen LogP contribution in [0.25, 0.3) is 22.2 Å². The molecule has 8 nitrogen and oxygen atoms in total. The molecule has 0 spiro atoms. The maximum absolute atomic E-state index is 12.2. The summed E-state index contributed by atoms with van der Waals surface area (Å²) >= 11 is 0. The van der Waals surface area contributed by atoms with Crippen LogP contribution in [-0.2, 0) is 18.4 Å². The average Bonchev–Trinajstić information content (AvgIpc) is 3.24. The van der Waals surface area contributed by atoms with E-state index in [1.807, 2.05) is 43.5 Å². The number of nitrogens with zero attached hydrogens (tertiary/aromatic N) is 5. The number of hydrogen-bond donors (Lipinski definition) is 1. The van der Waals surface area contributed by atoms with Crippen LogP contribution in [0.1, 0.15) is 53.0 Å². The number of aromatic nitrogens is 3. The predicted molar refractivity (Wildman–Crippen MR) is 155 cm³/mol. The van der Waals surface area contributed by atoms with Crippen molar-refractivity contribution in [1.82, 2.24) is 24.3 Å². The summed E-state index contributed by atoms with van der Waals surface area (Å²) in [5, 5.41) is 3.86. The van der Waals surface area contributed by atoms with Gasteiger partial charge >= 0.3 is 0 Å². The molecule has 1 fully saturated rings. The van der Waals surface area contributed by atoms with Crippen LogP contribution in [0.5, 0.6) is 0 Å². The van der Waals surface area contributed by atoms with E-state index in [0.717, 1.165) is 65.9 Å². The summed E-state index contributed by atoms with van der Waals surface area (Å²) in [6.07, 6.45) is 4.05. The number of hydrogen-bond acceptors (Lipinski definition) is 5. The Morgan fingerprint density at radius 2 is 1.74 bits per heavy atom. The molecule has 1 aliphatic rings. The van der Waals surface area contributed by atoms with Gasteiger partial charge in [-0.25, -0.2) is 9.97 Å². The van der Waals surface area contributed by atoms with Gasteiger partial charge in [0.1, 0.15) is 11.5 Å². The Morgan fingerprint density at radius 3 is 2.38 bits per heavy atom. The Morgan fingerprint density at radius 1 is 1.03 bits per heavy atom. The minimum atomic E-state index is -0.132. The second kappa shape index (κ2) is 11.0. The van der Waals surface area contributed by atoms with Crippen LogP contribution in [0.4, 0.5) is 5.82 Å². The van der Waals surface area contributed by atoms with Gasteiger partial charge in [-0.3, -0.25) is 14.5 Å². The van der Waals surface area contributed by atoms with E-state index in [1.54, 1.807) is 19.0 Å². The van der Waals surface area contributed by atoms with Gasteiger partial charge in [0, 0.05) is 68.7 Å². The summed E-state index contributed by atoms with van der Waals surface area (Å²) < 4.78 is 2.19. The van der Waals surface area contributed by atoms with Gasteiger partial charge in [-0.15, -0.1) is 0 Å². The van der Waals surface area contributed by atoms with Crippen molar-refractivity contribution in [2.75, 3.05) is 32.5 Å². The lowest BCUT2D eigenvalue weighted by Crippen LogP contribution is -2.33. The monoisotopic (exact) mass is 524 g/mol. The van der Waals surface area contributed by atoms with E-state index in [0.29, 0.717) is 11.7 Å². The normalized spacial score (nSPS) is 14.5. The third-order valence-corrected chi connectivity index (χ3v) is 7.72. The summed E-state index contributed by atoms with van der Waals surface area (Å²) in [4.78, 5) is 37.0.